The van der Waals surface area contributed by atoms with E-state index < -0.39 is 5.60 Å². The number of hydrogen-bond acceptors (Lipinski definition) is 3. The Morgan fingerprint density at radius 1 is 1.47 bits per heavy atom. The van der Waals surface area contributed by atoms with Crippen molar-refractivity contribution in [3.05, 3.63) is 21.3 Å². The fourth-order valence-electron chi connectivity index (χ4n) is 2.34. The maximum absolute atomic E-state index is 10.6. The van der Waals surface area contributed by atoms with E-state index >= 15 is 0 Å². The van der Waals surface area contributed by atoms with E-state index in [1.54, 1.807) is 0 Å². The lowest BCUT2D eigenvalue weighted by atomic mass is 9.86. The van der Waals surface area contributed by atoms with Gasteiger partial charge < -0.3 is 9.84 Å². The van der Waals surface area contributed by atoms with Crippen LogP contribution in [-0.2, 0) is 10.3 Å². The lowest BCUT2D eigenvalue weighted by Crippen LogP contribution is -2.40. The molecule has 2 nitrogen and oxygen atoms in total. The van der Waals surface area contributed by atoms with Crippen LogP contribution in [0, 0.1) is 0 Å². The minimum atomic E-state index is -0.803. The molecule has 15 heavy (non-hydrogen) atoms. The molecule has 1 aromatic heterocycles. The van der Waals surface area contributed by atoms with Crippen LogP contribution in [0.1, 0.15) is 31.6 Å². The fourth-order valence-corrected chi connectivity index (χ4v) is 3.69. The molecule has 0 radical (unpaired) electrons. The van der Waals surface area contributed by atoms with Crippen LogP contribution in [0.25, 0.3) is 0 Å². The minimum absolute atomic E-state index is 0.0805. The molecule has 1 fully saturated rings. The molecule has 1 saturated heterocycles. The highest BCUT2D eigenvalue weighted by atomic mass is 35.5. The summed E-state index contributed by atoms with van der Waals surface area (Å²) in [5, 5.41) is 13.2. The number of thiophene rings is 1. The van der Waals surface area contributed by atoms with E-state index in [-0.39, 0.29) is 12.2 Å². The van der Waals surface area contributed by atoms with Crippen molar-refractivity contribution in [2.75, 3.05) is 0 Å². The van der Waals surface area contributed by atoms with Crippen molar-refractivity contribution in [1.82, 2.24) is 0 Å². The maximum Gasteiger partial charge on any atom is 0.105 e. The molecule has 0 saturated carbocycles. The van der Waals surface area contributed by atoms with Crippen LogP contribution >= 0.6 is 22.9 Å². The van der Waals surface area contributed by atoms with Crippen LogP contribution in [0.15, 0.2) is 11.4 Å². The predicted octanol–water partition coefficient (Wildman–Crippen LogP) is 3.18. The van der Waals surface area contributed by atoms with Crippen molar-refractivity contribution >= 4 is 22.9 Å². The Morgan fingerprint density at radius 2 is 2.07 bits per heavy atom. The summed E-state index contributed by atoms with van der Waals surface area (Å²) >= 11 is 7.59. The van der Waals surface area contributed by atoms with Crippen LogP contribution in [-0.4, -0.2) is 17.3 Å². The third-order valence-electron chi connectivity index (χ3n) is 2.75. The van der Waals surface area contributed by atoms with E-state index in [9.17, 15) is 5.11 Å². The molecule has 1 aliphatic rings. The monoisotopic (exact) mass is 246 g/mol. The second-order valence-corrected chi connectivity index (χ2v) is 5.62. The Balaban J connectivity index is 2.29. The molecule has 1 N–H and O–H groups in total. The largest absolute Gasteiger partial charge is 0.384 e. The number of hydrogen-bond donors (Lipinski definition) is 1. The molecule has 2 unspecified atom stereocenters. The lowest BCUT2D eigenvalue weighted by Gasteiger charge is -2.38. The molecular weight excluding hydrogens is 232 g/mol. The average molecular weight is 247 g/mol. The highest BCUT2D eigenvalue weighted by molar-refractivity contribution is 7.10. The van der Waals surface area contributed by atoms with E-state index in [0.29, 0.717) is 17.9 Å². The smallest absolute Gasteiger partial charge is 0.105 e. The molecule has 1 aliphatic heterocycles. The Morgan fingerprint density at radius 3 is 2.53 bits per heavy atom. The van der Waals surface area contributed by atoms with Gasteiger partial charge in [-0.3, -0.25) is 0 Å². The molecule has 4 heteroatoms. The van der Waals surface area contributed by atoms with Gasteiger partial charge in [0.05, 0.1) is 22.1 Å². The summed E-state index contributed by atoms with van der Waals surface area (Å²) in [6.07, 6.45) is 1.41. The second-order valence-electron chi connectivity index (χ2n) is 4.29. The highest BCUT2D eigenvalue weighted by Gasteiger charge is 2.40. The van der Waals surface area contributed by atoms with Gasteiger partial charge in [-0.15, -0.1) is 11.3 Å². The normalized spacial score (nSPS) is 36.8. The zero-order chi connectivity index (χ0) is 11.1. The quantitative estimate of drug-likeness (QED) is 0.825. The highest BCUT2D eigenvalue weighted by Crippen LogP contribution is 2.42. The summed E-state index contributed by atoms with van der Waals surface area (Å²) in [5.74, 6) is 0. The second kappa shape index (κ2) is 4.06. The van der Waals surface area contributed by atoms with Gasteiger partial charge in [0.15, 0.2) is 0 Å². The molecule has 0 aliphatic carbocycles. The van der Waals surface area contributed by atoms with Gasteiger partial charge in [-0.25, -0.2) is 0 Å². The molecule has 0 amide bonds. The molecule has 0 spiro atoms. The molecule has 2 heterocycles. The van der Waals surface area contributed by atoms with Crippen LogP contribution in [0.2, 0.25) is 5.02 Å². The molecule has 0 bridgehead atoms. The van der Waals surface area contributed by atoms with Crippen LogP contribution < -0.4 is 0 Å². The third kappa shape index (κ3) is 2.21. The average Bonchev–Trinajstić information content (AvgIpc) is 2.48. The van der Waals surface area contributed by atoms with Gasteiger partial charge in [0.1, 0.15) is 5.60 Å². The summed E-state index contributed by atoms with van der Waals surface area (Å²) in [6, 6.07) is 1.84. The Kier molecular flexibility index (Phi) is 3.08. The molecule has 2 rings (SSSR count). The fraction of sp³-hybridized carbons (Fsp3) is 0.636. The van der Waals surface area contributed by atoms with Crippen molar-refractivity contribution < 1.29 is 9.84 Å². The Labute approximate surface area is 98.8 Å². The standard InChI is InChI=1S/C11H15ClO2S/c1-7-5-11(13,6-8(2)14-7)10-9(12)3-4-15-10/h3-4,7-8,13H,5-6H2,1-2H3. The van der Waals surface area contributed by atoms with Crippen molar-refractivity contribution in [3.8, 4) is 0 Å². The van der Waals surface area contributed by atoms with Crippen LogP contribution in [0.5, 0.6) is 0 Å². The first kappa shape index (κ1) is 11.4. The first-order valence-electron chi connectivity index (χ1n) is 5.12. The van der Waals surface area contributed by atoms with Crippen LogP contribution in [0.3, 0.4) is 0 Å². The molecular formula is C11H15ClO2S. The first-order chi connectivity index (χ1) is 7.01. The van der Waals surface area contributed by atoms with Crippen molar-refractivity contribution in [3.63, 3.8) is 0 Å². The summed E-state index contributed by atoms with van der Waals surface area (Å²) in [5.41, 5.74) is -0.803. The Hall–Kier alpha value is -0.0900. The van der Waals surface area contributed by atoms with E-state index in [1.165, 1.54) is 11.3 Å². The minimum Gasteiger partial charge on any atom is -0.384 e. The number of aliphatic hydroxyl groups is 1. The van der Waals surface area contributed by atoms with E-state index in [1.807, 2.05) is 25.3 Å². The SMILES string of the molecule is CC1CC(O)(c2sccc2Cl)CC(C)O1. The van der Waals surface area contributed by atoms with Gasteiger partial charge in [0, 0.05) is 12.8 Å². The molecule has 84 valence electrons. The number of halogens is 1. The molecule has 1 aromatic rings. The first-order valence-corrected chi connectivity index (χ1v) is 6.38. The van der Waals surface area contributed by atoms with Gasteiger partial charge in [0.2, 0.25) is 0 Å². The van der Waals surface area contributed by atoms with Gasteiger partial charge in [-0.1, -0.05) is 11.6 Å². The van der Waals surface area contributed by atoms with Gasteiger partial charge in [0.25, 0.3) is 0 Å². The summed E-state index contributed by atoms with van der Waals surface area (Å²) in [7, 11) is 0. The predicted molar refractivity (Wildman–Crippen MR) is 62.5 cm³/mol. The van der Waals surface area contributed by atoms with Gasteiger partial charge >= 0.3 is 0 Å². The van der Waals surface area contributed by atoms with Crippen molar-refractivity contribution in [2.24, 2.45) is 0 Å². The maximum atomic E-state index is 10.6. The van der Waals surface area contributed by atoms with Crippen molar-refractivity contribution in [1.29, 1.82) is 0 Å². The third-order valence-corrected chi connectivity index (χ3v) is 4.29. The van der Waals surface area contributed by atoms with Gasteiger partial charge in [-0.2, -0.15) is 0 Å². The topological polar surface area (TPSA) is 29.5 Å². The zero-order valence-electron chi connectivity index (χ0n) is 8.87. The van der Waals surface area contributed by atoms with E-state index in [4.69, 9.17) is 16.3 Å². The van der Waals surface area contributed by atoms with Crippen LogP contribution in [0.4, 0.5) is 0 Å². The summed E-state index contributed by atoms with van der Waals surface area (Å²) in [6.45, 7) is 3.98. The molecule has 2 atom stereocenters. The zero-order valence-corrected chi connectivity index (χ0v) is 10.4. The van der Waals surface area contributed by atoms with Gasteiger partial charge in [-0.05, 0) is 25.3 Å². The van der Waals surface area contributed by atoms with Crippen molar-refractivity contribution in [2.45, 2.75) is 44.5 Å². The molecule has 0 aromatic carbocycles. The number of rotatable bonds is 1. The Bertz CT molecular complexity index is 340. The number of ether oxygens (including phenoxy) is 1. The summed E-state index contributed by atoms with van der Waals surface area (Å²) < 4.78 is 5.62. The lowest BCUT2D eigenvalue weighted by molar-refractivity contribution is -0.134. The van der Waals surface area contributed by atoms with E-state index in [0.717, 1.165) is 4.88 Å². The summed E-state index contributed by atoms with van der Waals surface area (Å²) in [4.78, 5) is 0.881. The van der Waals surface area contributed by atoms with E-state index in [2.05, 4.69) is 0 Å².